The lowest BCUT2D eigenvalue weighted by atomic mass is 9.92. The van der Waals surface area contributed by atoms with Crippen molar-refractivity contribution in [3.05, 3.63) is 23.3 Å². The summed E-state index contributed by atoms with van der Waals surface area (Å²) in [6, 6.07) is -0.124. The highest BCUT2D eigenvalue weighted by atomic mass is 16.6. The number of piperidine rings is 1. The summed E-state index contributed by atoms with van der Waals surface area (Å²) < 4.78 is 10.8. The van der Waals surface area contributed by atoms with Gasteiger partial charge in [0.2, 0.25) is 0 Å². The molecule has 3 atom stereocenters. The van der Waals surface area contributed by atoms with Crippen molar-refractivity contribution in [3.63, 3.8) is 0 Å². The van der Waals surface area contributed by atoms with Gasteiger partial charge in [-0.1, -0.05) is 24.2 Å². The third-order valence-corrected chi connectivity index (χ3v) is 4.87. The van der Waals surface area contributed by atoms with Crippen molar-refractivity contribution in [3.8, 4) is 24.2 Å². The smallest absolute Gasteiger partial charge is 0.408 e. The van der Waals surface area contributed by atoms with Crippen LogP contribution in [0.25, 0.3) is 0 Å². The van der Waals surface area contributed by atoms with Crippen molar-refractivity contribution in [1.82, 2.24) is 10.2 Å². The quantitative estimate of drug-likeness (QED) is 0.556. The summed E-state index contributed by atoms with van der Waals surface area (Å²) in [7, 11) is 0. The van der Waals surface area contributed by atoms with Crippen LogP contribution in [0.15, 0.2) is 23.3 Å². The standard InChI is InChI=1S/C22H26N2O4/c1-5-16-13-15(9-8-11-23-21(26)28-22(2,3)4)17-14-19(25)27-20(17)18-10-6-7-12-24(16)18/h1,13-14,16,18,20H,6-7,10-12H2,2-4H3,(H,23,26)/t16-,18+,20?/m0/s1. The Bertz CT molecular complexity index is 816. The second-order valence-corrected chi connectivity index (χ2v) is 8.11. The van der Waals surface area contributed by atoms with Crippen LogP contribution in [0.5, 0.6) is 0 Å². The molecule has 3 aliphatic rings. The molecule has 1 amide bonds. The van der Waals surface area contributed by atoms with E-state index in [0.29, 0.717) is 5.57 Å². The average molecular weight is 382 g/mol. The van der Waals surface area contributed by atoms with E-state index in [1.165, 1.54) is 6.08 Å². The van der Waals surface area contributed by atoms with E-state index in [2.05, 4.69) is 28.0 Å². The topological polar surface area (TPSA) is 67.9 Å². The molecule has 3 heterocycles. The van der Waals surface area contributed by atoms with Crippen LogP contribution in [0.1, 0.15) is 40.0 Å². The first kappa shape index (κ1) is 20.0. The number of rotatable bonds is 1. The monoisotopic (exact) mass is 382 g/mol. The van der Waals surface area contributed by atoms with Crippen LogP contribution >= 0.6 is 0 Å². The fourth-order valence-corrected chi connectivity index (χ4v) is 3.78. The summed E-state index contributed by atoms with van der Waals surface area (Å²) >= 11 is 0. The number of nitrogens with one attached hydrogen (secondary N) is 1. The highest BCUT2D eigenvalue weighted by Crippen LogP contribution is 2.36. The van der Waals surface area contributed by atoms with Crippen molar-refractivity contribution in [1.29, 1.82) is 0 Å². The minimum Gasteiger partial charge on any atom is -0.453 e. The minimum absolute atomic E-state index is 0.0722. The first-order chi connectivity index (χ1) is 13.3. The number of fused-ring (bicyclic) bond motifs is 3. The Hall–Kier alpha value is -2.70. The number of nitrogens with zero attached hydrogens (tertiary/aromatic N) is 1. The second-order valence-electron chi connectivity index (χ2n) is 8.11. The molecular weight excluding hydrogens is 356 g/mol. The molecule has 0 aromatic heterocycles. The van der Waals surface area contributed by atoms with Crippen LogP contribution in [-0.4, -0.2) is 53.8 Å². The molecule has 28 heavy (non-hydrogen) atoms. The van der Waals surface area contributed by atoms with Gasteiger partial charge in [-0.2, -0.15) is 0 Å². The average Bonchev–Trinajstić information content (AvgIpc) is 2.96. The van der Waals surface area contributed by atoms with Crippen molar-refractivity contribution in [2.24, 2.45) is 0 Å². The number of amides is 1. The van der Waals surface area contributed by atoms with E-state index in [9.17, 15) is 9.59 Å². The SMILES string of the molecule is C#C[C@H]1C=C(C#CCNC(=O)OC(C)(C)C)C2=CC(=O)OC2[C@H]2CCCCN21. The normalized spacial score (nSPS) is 26.8. The molecule has 0 bridgehead atoms. The summed E-state index contributed by atoms with van der Waals surface area (Å²) in [6.07, 6.45) is 11.4. The largest absolute Gasteiger partial charge is 0.453 e. The first-order valence-electron chi connectivity index (χ1n) is 9.60. The van der Waals surface area contributed by atoms with E-state index >= 15 is 0 Å². The first-order valence-corrected chi connectivity index (χ1v) is 9.60. The Balaban J connectivity index is 1.78. The van der Waals surface area contributed by atoms with Gasteiger partial charge in [-0.3, -0.25) is 4.90 Å². The van der Waals surface area contributed by atoms with E-state index < -0.39 is 11.7 Å². The number of carbonyl (C=O) groups is 2. The predicted molar refractivity (Wildman–Crippen MR) is 105 cm³/mol. The van der Waals surface area contributed by atoms with Gasteiger partial charge < -0.3 is 14.8 Å². The molecule has 6 heteroatoms. The molecule has 1 fully saturated rings. The zero-order valence-corrected chi connectivity index (χ0v) is 16.6. The van der Waals surface area contributed by atoms with Gasteiger partial charge in [-0.05, 0) is 39.7 Å². The summed E-state index contributed by atoms with van der Waals surface area (Å²) in [5.74, 6) is 8.48. The molecule has 0 spiro atoms. The van der Waals surface area contributed by atoms with Gasteiger partial charge in [0.25, 0.3) is 0 Å². The predicted octanol–water partition coefficient (Wildman–Crippen LogP) is 2.16. The molecule has 0 radical (unpaired) electrons. The van der Waals surface area contributed by atoms with Crippen LogP contribution in [0.2, 0.25) is 0 Å². The molecule has 0 aliphatic carbocycles. The number of terminal acetylenes is 1. The van der Waals surface area contributed by atoms with Gasteiger partial charge in [-0.15, -0.1) is 6.42 Å². The number of hydrogen-bond donors (Lipinski definition) is 1. The molecule has 3 rings (SSSR count). The van der Waals surface area contributed by atoms with Crippen LogP contribution in [0.3, 0.4) is 0 Å². The molecule has 0 aromatic carbocycles. The summed E-state index contributed by atoms with van der Waals surface area (Å²) in [6.45, 7) is 6.40. The van der Waals surface area contributed by atoms with Gasteiger partial charge >= 0.3 is 12.1 Å². The number of carbonyl (C=O) groups excluding carboxylic acids is 2. The lowest BCUT2D eigenvalue weighted by Gasteiger charge is -2.39. The zero-order valence-electron chi connectivity index (χ0n) is 16.6. The summed E-state index contributed by atoms with van der Waals surface area (Å²) in [5.41, 5.74) is 0.912. The van der Waals surface area contributed by atoms with Crippen molar-refractivity contribution < 1.29 is 19.1 Å². The Morgan fingerprint density at radius 1 is 1.43 bits per heavy atom. The third kappa shape index (κ3) is 4.58. The van der Waals surface area contributed by atoms with Crippen LogP contribution in [0.4, 0.5) is 4.79 Å². The van der Waals surface area contributed by atoms with E-state index in [1.54, 1.807) is 20.8 Å². The van der Waals surface area contributed by atoms with Crippen LogP contribution in [0, 0.1) is 24.2 Å². The Labute approximate surface area is 166 Å². The van der Waals surface area contributed by atoms with Gasteiger partial charge in [0.15, 0.2) is 0 Å². The molecule has 1 unspecified atom stereocenters. The highest BCUT2D eigenvalue weighted by Gasteiger charge is 2.43. The maximum Gasteiger partial charge on any atom is 0.408 e. The number of alkyl carbamates (subject to hydrolysis) is 1. The van der Waals surface area contributed by atoms with Gasteiger partial charge in [0.1, 0.15) is 11.7 Å². The highest BCUT2D eigenvalue weighted by molar-refractivity contribution is 5.88. The van der Waals surface area contributed by atoms with E-state index in [4.69, 9.17) is 15.9 Å². The lowest BCUT2D eigenvalue weighted by Crippen LogP contribution is -2.50. The fourth-order valence-electron chi connectivity index (χ4n) is 3.78. The summed E-state index contributed by atoms with van der Waals surface area (Å²) in [5, 5.41) is 2.61. The molecule has 1 saturated heterocycles. The Kier molecular flexibility index (Phi) is 5.82. The van der Waals surface area contributed by atoms with Crippen molar-refractivity contribution in [2.45, 2.75) is 63.8 Å². The van der Waals surface area contributed by atoms with Crippen LogP contribution < -0.4 is 5.32 Å². The molecular formula is C22H26N2O4. The van der Waals surface area contributed by atoms with Crippen molar-refractivity contribution in [2.75, 3.05) is 13.1 Å². The van der Waals surface area contributed by atoms with E-state index in [0.717, 1.165) is 31.4 Å². The third-order valence-electron chi connectivity index (χ3n) is 4.87. The van der Waals surface area contributed by atoms with Gasteiger partial charge in [0, 0.05) is 23.8 Å². The second kappa shape index (κ2) is 8.12. The molecule has 0 aromatic rings. The molecule has 1 N–H and O–H groups in total. The summed E-state index contributed by atoms with van der Waals surface area (Å²) in [4.78, 5) is 25.9. The lowest BCUT2D eigenvalue weighted by molar-refractivity contribution is -0.141. The maximum absolute atomic E-state index is 11.9. The molecule has 0 saturated carbocycles. The minimum atomic E-state index is -0.564. The van der Waals surface area contributed by atoms with E-state index in [-0.39, 0.29) is 30.7 Å². The number of hydrogen-bond acceptors (Lipinski definition) is 5. The molecule has 3 aliphatic heterocycles. The fraction of sp³-hybridized carbons (Fsp3) is 0.545. The van der Waals surface area contributed by atoms with E-state index in [1.807, 2.05) is 6.08 Å². The van der Waals surface area contributed by atoms with Gasteiger partial charge in [-0.25, -0.2) is 9.59 Å². The maximum atomic E-state index is 11.9. The number of esters is 1. The number of ether oxygens (including phenoxy) is 2. The van der Waals surface area contributed by atoms with Gasteiger partial charge in [0.05, 0.1) is 18.6 Å². The molecule has 6 nitrogen and oxygen atoms in total. The van der Waals surface area contributed by atoms with Crippen LogP contribution in [-0.2, 0) is 14.3 Å². The Morgan fingerprint density at radius 2 is 2.21 bits per heavy atom. The zero-order chi connectivity index (χ0) is 20.3. The van der Waals surface area contributed by atoms with Crippen molar-refractivity contribution >= 4 is 12.1 Å². The molecule has 148 valence electrons. The Morgan fingerprint density at radius 3 is 2.93 bits per heavy atom.